The van der Waals surface area contributed by atoms with Crippen LogP contribution in [0.15, 0.2) is 53.6 Å². The second kappa shape index (κ2) is 6.62. The molecule has 0 heterocycles. The summed E-state index contributed by atoms with van der Waals surface area (Å²) in [6, 6.07) is 13.2. The molecule has 0 aromatic heterocycles. The summed E-state index contributed by atoms with van der Waals surface area (Å²) in [5.74, 6) is -0.325. The first-order valence-electron chi connectivity index (χ1n) is 6.63. The topological polar surface area (TPSA) is 84.6 Å². The SMILES string of the molecule is CC(=NNC(=O)c1cccc(C)c1)c1cccc([N+](=O)[O-])c1. The monoisotopic (exact) mass is 297 g/mol. The molecule has 0 unspecified atom stereocenters. The van der Waals surface area contributed by atoms with Crippen LogP contribution in [0.2, 0.25) is 0 Å². The molecule has 0 atom stereocenters. The molecule has 0 saturated carbocycles. The normalized spacial score (nSPS) is 11.1. The number of hydrogen-bond acceptors (Lipinski definition) is 4. The average molecular weight is 297 g/mol. The Morgan fingerprint density at radius 2 is 1.82 bits per heavy atom. The highest BCUT2D eigenvalue weighted by Crippen LogP contribution is 2.13. The van der Waals surface area contributed by atoms with E-state index >= 15 is 0 Å². The lowest BCUT2D eigenvalue weighted by Gasteiger charge is -2.04. The molecule has 6 nitrogen and oxygen atoms in total. The van der Waals surface area contributed by atoms with Crippen LogP contribution in [0.1, 0.15) is 28.4 Å². The number of benzene rings is 2. The predicted molar refractivity (Wildman–Crippen MR) is 84.0 cm³/mol. The fraction of sp³-hybridized carbons (Fsp3) is 0.125. The molecule has 2 aromatic rings. The van der Waals surface area contributed by atoms with Crippen molar-refractivity contribution in [3.63, 3.8) is 0 Å². The standard InChI is InChI=1S/C16H15N3O3/c1-11-5-3-7-14(9-11)16(20)18-17-12(2)13-6-4-8-15(10-13)19(21)22/h3-10H,1-2H3,(H,18,20). The Hall–Kier alpha value is -3.02. The number of non-ortho nitro benzene ring substituents is 1. The van der Waals surface area contributed by atoms with E-state index in [9.17, 15) is 14.9 Å². The number of carbonyl (C=O) groups is 1. The minimum absolute atomic E-state index is 0.0166. The highest BCUT2D eigenvalue weighted by Gasteiger charge is 2.08. The van der Waals surface area contributed by atoms with Crippen molar-refractivity contribution in [2.24, 2.45) is 5.10 Å². The van der Waals surface area contributed by atoms with Crippen molar-refractivity contribution in [2.45, 2.75) is 13.8 Å². The maximum Gasteiger partial charge on any atom is 0.271 e. The van der Waals surface area contributed by atoms with Gasteiger partial charge in [-0.25, -0.2) is 5.43 Å². The van der Waals surface area contributed by atoms with Crippen LogP contribution in [0.3, 0.4) is 0 Å². The van der Waals surface area contributed by atoms with E-state index < -0.39 is 4.92 Å². The Bertz CT molecular complexity index is 754. The maximum absolute atomic E-state index is 12.0. The fourth-order valence-electron chi connectivity index (χ4n) is 1.89. The zero-order chi connectivity index (χ0) is 16.1. The molecule has 0 aliphatic heterocycles. The number of amides is 1. The van der Waals surface area contributed by atoms with Crippen molar-refractivity contribution in [3.8, 4) is 0 Å². The van der Waals surface area contributed by atoms with Gasteiger partial charge in [0.2, 0.25) is 0 Å². The van der Waals surface area contributed by atoms with Gasteiger partial charge in [0.25, 0.3) is 11.6 Å². The largest absolute Gasteiger partial charge is 0.271 e. The summed E-state index contributed by atoms with van der Waals surface area (Å²) in [6.07, 6.45) is 0. The predicted octanol–water partition coefficient (Wildman–Crippen LogP) is 3.06. The van der Waals surface area contributed by atoms with Gasteiger partial charge < -0.3 is 0 Å². The molecule has 2 rings (SSSR count). The van der Waals surface area contributed by atoms with Gasteiger partial charge in [-0.2, -0.15) is 5.10 Å². The van der Waals surface area contributed by atoms with E-state index in [1.54, 1.807) is 37.3 Å². The number of hydrazone groups is 1. The number of nitro benzene ring substituents is 1. The molecule has 0 spiro atoms. The Labute approximate surface area is 127 Å². The number of hydrogen-bond donors (Lipinski definition) is 1. The Morgan fingerprint density at radius 1 is 1.14 bits per heavy atom. The molecule has 0 fully saturated rings. The minimum Gasteiger partial charge on any atom is -0.267 e. The molecule has 0 aliphatic carbocycles. The maximum atomic E-state index is 12.0. The van der Waals surface area contributed by atoms with Crippen LogP contribution in [0.25, 0.3) is 0 Å². The quantitative estimate of drug-likeness (QED) is 0.534. The van der Waals surface area contributed by atoms with Gasteiger partial charge in [-0.05, 0) is 26.0 Å². The zero-order valence-corrected chi connectivity index (χ0v) is 12.2. The molecular formula is C16H15N3O3. The molecule has 0 saturated heterocycles. The smallest absolute Gasteiger partial charge is 0.267 e. The van der Waals surface area contributed by atoms with E-state index in [-0.39, 0.29) is 11.6 Å². The zero-order valence-electron chi connectivity index (χ0n) is 12.2. The molecule has 22 heavy (non-hydrogen) atoms. The van der Waals surface area contributed by atoms with Crippen molar-refractivity contribution < 1.29 is 9.72 Å². The van der Waals surface area contributed by atoms with E-state index in [0.717, 1.165) is 5.56 Å². The molecule has 2 aromatic carbocycles. The van der Waals surface area contributed by atoms with Gasteiger partial charge in [-0.3, -0.25) is 14.9 Å². The highest BCUT2D eigenvalue weighted by atomic mass is 16.6. The van der Waals surface area contributed by atoms with E-state index in [2.05, 4.69) is 10.5 Å². The molecule has 1 N–H and O–H groups in total. The molecule has 0 bridgehead atoms. The van der Waals surface area contributed by atoms with Crippen LogP contribution in [0.4, 0.5) is 5.69 Å². The number of nitrogens with one attached hydrogen (secondary N) is 1. The number of nitro groups is 1. The average Bonchev–Trinajstić information content (AvgIpc) is 2.52. The second-order valence-corrected chi connectivity index (χ2v) is 4.82. The summed E-state index contributed by atoms with van der Waals surface area (Å²) in [5, 5.41) is 14.8. The van der Waals surface area contributed by atoms with E-state index in [1.807, 2.05) is 13.0 Å². The first kappa shape index (κ1) is 15.4. The highest BCUT2D eigenvalue weighted by molar-refractivity contribution is 6.01. The van der Waals surface area contributed by atoms with Gasteiger partial charge in [-0.15, -0.1) is 0 Å². The van der Waals surface area contributed by atoms with Crippen molar-refractivity contribution in [1.29, 1.82) is 0 Å². The minimum atomic E-state index is -0.470. The van der Waals surface area contributed by atoms with E-state index in [0.29, 0.717) is 16.8 Å². The van der Waals surface area contributed by atoms with Crippen molar-refractivity contribution >= 4 is 17.3 Å². The van der Waals surface area contributed by atoms with Crippen LogP contribution in [0, 0.1) is 17.0 Å². The third-order valence-corrected chi connectivity index (χ3v) is 3.08. The van der Waals surface area contributed by atoms with Gasteiger partial charge in [-0.1, -0.05) is 29.8 Å². The summed E-state index contributed by atoms with van der Waals surface area (Å²) in [6.45, 7) is 3.57. The third kappa shape index (κ3) is 3.76. The second-order valence-electron chi connectivity index (χ2n) is 4.82. The molecule has 112 valence electrons. The van der Waals surface area contributed by atoms with Crippen LogP contribution in [0.5, 0.6) is 0 Å². The lowest BCUT2D eigenvalue weighted by molar-refractivity contribution is -0.384. The van der Waals surface area contributed by atoms with Gasteiger partial charge in [0, 0.05) is 23.3 Å². The van der Waals surface area contributed by atoms with Gasteiger partial charge in [0.1, 0.15) is 0 Å². The molecule has 0 aliphatic rings. The lowest BCUT2D eigenvalue weighted by Crippen LogP contribution is -2.19. The fourth-order valence-corrected chi connectivity index (χ4v) is 1.89. The molecule has 1 amide bonds. The van der Waals surface area contributed by atoms with Crippen LogP contribution >= 0.6 is 0 Å². The first-order chi connectivity index (χ1) is 10.5. The molecule has 6 heteroatoms. The van der Waals surface area contributed by atoms with Crippen LogP contribution in [-0.4, -0.2) is 16.5 Å². The van der Waals surface area contributed by atoms with E-state index in [4.69, 9.17) is 0 Å². The summed E-state index contributed by atoms with van der Waals surface area (Å²) in [7, 11) is 0. The molecular weight excluding hydrogens is 282 g/mol. The summed E-state index contributed by atoms with van der Waals surface area (Å²) < 4.78 is 0. The summed E-state index contributed by atoms with van der Waals surface area (Å²) in [4.78, 5) is 22.3. The van der Waals surface area contributed by atoms with Crippen molar-refractivity contribution in [2.75, 3.05) is 0 Å². The molecule has 0 radical (unpaired) electrons. The number of aryl methyl sites for hydroxylation is 1. The Kier molecular flexibility index (Phi) is 4.63. The Morgan fingerprint density at radius 3 is 2.50 bits per heavy atom. The number of carbonyl (C=O) groups excluding carboxylic acids is 1. The number of nitrogens with zero attached hydrogens (tertiary/aromatic N) is 2. The third-order valence-electron chi connectivity index (χ3n) is 3.08. The van der Waals surface area contributed by atoms with Crippen molar-refractivity contribution in [1.82, 2.24) is 5.43 Å². The van der Waals surface area contributed by atoms with Crippen LogP contribution < -0.4 is 5.43 Å². The lowest BCUT2D eigenvalue weighted by atomic mass is 10.1. The van der Waals surface area contributed by atoms with Gasteiger partial charge >= 0.3 is 0 Å². The Balaban J connectivity index is 2.14. The number of rotatable bonds is 4. The van der Waals surface area contributed by atoms with E-state index in [1.165, 1.54) is 12.1 Å². The summed E-state index contributed by atoms with van der Waals surface area (Å²) in [5.41, 5.74) is 5.00. The summed E-state index contributed by atoms with van der Waals surface area (Å²) >= 11 is 0. The van der Waals surface area contributed by atoms with Gasteiger partial charge in [0.05, 0.1) is 10.6 Å². The first-order valence-corrected chi connectivity index (χ1v) is 6.63. The van der Waals surface area contributed by atoms with Gasteiger partial charge in [0.15, 0.2) is 0 Å². The van der Waals surface area contributed by atoms with Crippen LogP contribution in [-0.2, 0) is 0 Å². The van der Waals surface area contributed by atoms with Crippen molar-refractivity contribution in [3.05, 3.63) is 75.3 Å².